The topological polar surface area (TPSA) is 112 Å². The number of aromatic nitrogens is 3. The molecular formula is C17H17N5O2S. The number of sulfonamides is 1. The van der Waals surface area contributed by atoms with E-state index in [4.69, 9.17) is 5.41 Å². The van der Waals surface area contributed by atoms with Crippen molar-refractivity contribution in [3.05, 3.63) is 70.9 Å². The molecule has 0 fully saturated rings. The van der Waals surface area contributed by atoms with Crippen LogP contribution in [0.25, 0.3) is 0 Å². The Hall–Kier alpha value is -3.00. The highest BCUT2D eigenvalue weighted by atomic mass is 32.2. The summed E-state index contributed by atoms with van der Waals surface area (Å²) in [6, 6.07) is 13.8. The molecule has 3 N–H and O–H groups in total. The van der Waals surface area contributed by atoms with Crippen molar-refractivity contribution in [3.63, 3.8) is 0 Å². The molecule has 3 rings (SSSR count). The fraction of sp³-hybridized carbons (Fsp3) is 0.118. The van der Waals surface area contributed by atoms with Gasteiger partial charge in [-0.3, -0.25) is 10.1 Å². The van der Waals surface area contributed by atoms with Gasteiger partial charge >= 0.3 is 0 Å². The van der Waals surface area contributed by atoms with Gasteiger partial charge in [-0.05, 0) is 26.0 Å². The molecule has 0 atom stereocenters. The first-order valence-corrected chi connectivity index (χ1v) is 9.01. The van der Waals surface area contributed by atoms with Crippen molar-refractivity contribution in [1.82, 2.24) is 15.4 Å². The van der Waals surface area contributed by atoms with Gasteiger partial charge in [-0.1, -0.05) is 47.5 Å². The average molecular weight is 355 g/mol. The predicted octanol–water partition coefficient (Wildman–Crippen LogP) is 2.64. The number of rotatable bonds is 5. The number of benzene rings is 2. The van der Waals surface area contributed by atoms with Gasteiger partial charge in [0.05, 0.1) is 10.6 Å². The summed E-state index contributed by atoms with van der Waals surface area (Å²) in [7, 11) is -3.81. The van der Waals surface area contributed by atoms with E-state index in [1.807, 2.05) is 26.0 Å². The van der Waals surface area contributed by atoms with Crippen LogP contribution in [0, 0.1) is 19.3 Å². The Morgan fingerprint density at radius 1 is 0.960 bits per heavy atom. The molecule has 128 valence electrons. The molecule has 0 spiro atoms. The zero-order valence-electron chi connectivity index (χ0n) is 13.7. The third-order valence-corrected chi connectivity index (χ3v) is 5.04. The van der Waals surface area contributed by atoms with Gasteiger partial charge in [0.2, 0.25) is 0 Å². The van der Waals surface area contributed by atoms with Gasteiger partial charge in [-0.2, -0.15) is 10.3 Å². The molecule has 8 heteroatoms. The van der Waals surface area contributed by atoms with Gasteiger partial charge in [0.15, 0.2) is 11.5 Å². The first-order valence-electron chi connectivity index (χ1n) is 7.53. The van der Waals surface area contributed by atoms with Crippen LogP contribution in [-0.4, -0.2) is 29.5 Å². The number of hydrogen-bond donors (Lipinski definition) is 3. The monoisotopic (exact) mass is 355 g/mol. The summed E-state index contributed by atoms with van der Waals surface area (Å²) in [6.45, 7) is 3.83. The van der Waals surface area contributed by atoms with Crippen molar-refractivity contribution in [3.8, 4) is 0 Å². The summed E-state index contributed by atoms with van der Waals surface area (Å²) in [6.07, 6.45) is 0. The molecule has 0 aliphatic heterocycles. The molecule has 7 nitrogen and oxygen atoms in total. The third kappa shape index (κ3) is 3.58. The zero-order chi connectivity index (χ0) is 18.0. The van der Waals surface area contributed by atoms with Crippen LogP contribution in [0.5, 0.6) is 0 Å². The summed E-state index contributed by atoms with van der Waals surface area (Å²) in [5.74, 6) is -0.00819. The molecule has 0 amide bonds. The second kappa shape index (κ2) is 6.48. The maximum atomic E-state index is 12.5. The van der Waals surface area contributed by atoms with Crippen molar-refractivity contribution < 1.29 is 8.42 Å². The smallest absolute Gasteiger partial charge is 0.263 e. The van der Waals surface area contributed by atoms with Crippen molar-refractivity contribution in [2.45, 2.75) is 18.7 Å². The van der Waals surface area contributed by atoms with E-state index in [1.165, 1.54) is 12.1 Å². The third-order valence-electron chi connectivity index (χ3n) is 3.69. The molecule has 0 bridgehead atoms. The van der Waals surface area contributed by atoms with Crippen molar-refractivity contribution >= 4 is 21.6 Å². The number of anilines is 1. The second-order valence-electron chi connectivity index (χ2n) is 5.68. The summed E-state index contributed by atoms with van der Waals surface area (Å²) < 4.78 is 27.4. The molecule has 25 heavy (non-hydrogen) atoms. The molecule has 1 heterocycles. The molecule has 0 radical (unpaired) electrons. The fourth-order valence-electron chi connectivity index (χ4n) is 2.24. The fourth-order valence-corrected chi connectivity index (χ4v) is 3.25. The maximum absolute atomic E-state index is 12.5. The van der Waals surface area contributed by atoms with Crippen LogP contribution in [-0.2, 0) is 10.0 Å². The highest BCUT2D eigenvalue weighted by Gasteiger charge is 2.21. The standard InChI is InChI=1S/C17H17N5O2S/c1-11-3-7-13(8-4-11)15(18)16-17(20-22-19-16)21-25(23,24)14-9-5-12(2)6-10-14/h3-10,18H,1-2H3,(H2,19,20,21,22). The number of nitrogens with zero attached hydrogens (tertiary/aromatic N) is 2. The quantitative estimate of drug-likeness (QED) is 0.611. The lowest BCUT2D eigenvalue weighted by molar-refractivity contribution is 0.601. The van der Waals surface area contributed by atoms with E-state index in [2.05, 4.69) is 20.1 Å². The lowest BCUT2D eigenvalue weighted by Crippen LogP contribution is -2.16. The van der Waals surface area contributed by atoms with E-state index >= 15 is 0 Å². The van der Waals surface area contributed by atoms with Crippen molar-refractivity contribution in [2.24, 2.45) is 0 Å². The van der Waals surface area contributed by atoms with E-state index in [1.54, 1.807) is 24.3 Å². The van der Waals surface area contributed by atoms with Gasteiger partial charge in [0.1, 0.15) is 0 Å². The van der Waals surface area contributed by atoms with Gasteiger partial charge < -0.3 is 0 Å². The number of aromatic amines is 1. The first kappa shape index (κ1) is 16.8. The molecule has 0 aliphatic rings. The Morgan fingerprint density at radius 3 is 2.12 bits per heavy atom. The van der Waals surface area contributed by atoms with Crippen LogP contribution in [0.1, 0.15) is 22.4 Å². The minimum atomic E-state index is -3.81. The minimum absolute atomic E-state index is 0.00819. The number of aryl methyl sites for hydroxylation is 2. The zero-order valence-corrected chi connectivity index (χ0v) is 14.6. The molecule has 0 saturated heterocycles. The number of hydrogen-bond acceptors (Lipinski definition) is 5. The van der Waals surface area contributed by atoms with Crippen molar-refractivity contribution in [1.29, 1.82) is 5.41 Å². The van der Waals surface area contributed by atoms with Crippen molar-refractivity contribution in [2.75, 3.05) is 4.72 Å². The Balaban J connectivity index is 1.90. The van der Waals surface area contributed by atoms with Gasteiger partial charge in [-0.15, -0.1) is 5.10 Å². The van der Waals surface area contributed by atoms with Gasteiger partial charge in [0, 0.05) is 5.56 Å². The average Bonchev–Trinajstić information content (AvgIpc) is 3.02. The first-order chi connectivity index (χ1) is 11.9. The Labute approximate surface area is 145 Å². The molecule has 0 saturated carbocycles. The lowest BCUT2D eigenvalue weighted by Gasteiger charge is -2.08. The van der Waals surface area contributed by atoms with Crippen LogP contribution >= 0.6 is 0 Å². The van der Waals surface area contributed by atoms with Crippen LogP contribution in [0.3, 0.4) is 0 Å². The van der Waals surface area contributed by atoms with Crippen LogP contribution in [0.15, 0.2) is 53.4 Å². The molecular weight excluding hydrogens is 338 g/mol. The number of nitrogens with one attached hydrogen (secondary N) is 3. The lowest BCUT2D eigenvalue weighted by atomic mass is 10.1. The molecule has 2 aromatic carbocycles. The number of H-pyrrole nitrogens is 1. The molecule has 0 unspecified atom stereocenters. The Kier molecular flexibility index (Phi) is 4.37. The highest BCUT2D eigenvalue weighted by molar-refractivity contribution is 7.92. The highest BCUT2D eigenvalue weighted by Crippen LogP contribution is 2.19. The SMILES string of the molecule is Cc1ccc(C(=N)c2n[nH]nc2NS(=O)(=O)c2ccc(C)cc2)cc1. The second-order valence-corrected chi connectivity index (χ2v) is 7.36. The summed E-state index contributed by atoms with van der Waals surface area (Å²) >= 11 is 0. The summed E-state index contributed by atoms with van der Waals surface area (Å²) in [4.78, 5) is 0.119. The largest absolute Gasteiger partial charge is 0.298 e. The minimum Gasteiger partial charge on any atom is -0.298 e. The predicted molar refractivity (Wildman–Crippen MR) is 95.5 cm³/mol. The normalized spacial score (nSPS) is 11.3. The van der Waals surface area contributed by atoms with Crippen LogP contribution in [0.4, 0.5) is 5.82 Å². The van der Waals surface area contributed by atoms with E-state index in [0.29, 0.717) is 5.56 Å². The molecule has 0 aliphatic carbocycles. The summed E-state index contributed by atoms with van der Waals surface area (Å²) in [5, 5.41) is 18.4. The van der Waals surface area contributed by atoms with E-state index in [-0.39, 0.29) is 22.1 Å². The molecule has 1 aromatic heterocycles. The Bertz CT molecular complexity index is 1010. The van der Waals surface area contributed by atoms with Gasteiger partial charge in [0.25, 0.3) is 10.0 Å². The van der Waals surface area contributed by atoms with Crippen LogP contribution in [0.2, 0.25) is 0 Å². The molecule has 3 aromatic rings. The van der Waals surface area contributed by atoms with Crippen LogP contribution < -0.4 is 4.72 Å². The van der Waals surface area contributed by atoms with E-state index in [9.17, 15) is 8.42 Å². The van der Waals surface area contributed by atoms with E-state index in [0.717, 1.165) is 11.1 Å². The summed E-state index contributed by atoms with van der Waals surface area (Å²) in [5.41, 5.74) is 2.87. The van der Waals surface area contributed by atoms with E-state index < -0.39 is 10.0 Å². The Morgan fingerprint density at radius 2 is 1.52 bits per heavy atom. The van der Waals surface area contributed by atoms with Gasteiger partial charge in [-0.25, -0.2) is 8.42 Å². The maximum Gasteiger partial charge on any atom is 0.263 e.